The van der Waals surface area contributed by atoms with Gasteiger partial charge >= 0.3 is 5.97 Å². The smallest absolute Gasteiger partial charge is 0.306 e. The summed E-state index contributed by atoms with van der Waals surface area (Å²) >= 11 is 0. The van der Waals surface area contributed by atoms with Gasteiger partial charge in [-0.25, -0.2) is 0 Å². The van der Waals surface area contributed by atoms with Crippen LogP contribution >= 0.6 is 0 Å². The Balaban J connectivity index is 2.02. The maximum absolute atomic E-state index is 12.7. The number of carbonyl (C=O) groups excluding carboxylic acids is 2. The van der Waals surface area contributed by atoms with E-state index in [0.29, 0.717) is 12.3 Å². The number of rotatable bonds is 8. The third-order valence-corrected chi connectivity index (χ3v) is 7.23. The van der Waals surface area contributed by atoms with Crippen LogP contribution < -0.4 is 0 Å². The number of aliphatic hydroxyl groups excluding tert-OH is 2. The molecule has 0 unspecified atom stereocenters. The average Bonchev–Trinajstić information content (AvgIpc) is 2.61. The highest BCUT2D eigenvalue weighted by Gasteiger charge is 2.51. The van der Waals surface area contributed by atoms with E-state index in [1.807, 2.05) is 13.8 Å². The molecule has 160 valence electrons. The van der Waals surface area contributed by atoms with Crippen LogP contribution in [-0.2, 0) is 14.3 Å². The van der Waals surface area contributed by atoms with Crippen molar-refractivity contribution in [3.05, 3.63) is 11.1 Å². The molecule has 28 heavy (non-hydrogen) atoms. The van der Waals surface area contributed by atoms with Crippen LogP contribution in [0.25, 0.3) is 0 Å². The summed E-state index contributed by atoms with van der Waals surface area (Å²) in [6.07, 6.45) is 5.10. The minimum atomic E-state index is -1.02. The van der Waals surface area contributed by atoms with E-state index in [2.05, 4.69) is 20.8 Å². The summed E-state index contributed by atoms with van der Waals surface area (Å²) in [5.41, 5.74) is 2.50. The van der Waals surface area contributed by atoms with Crippen molar-refractivity contribution in [2.75, 3.05) is 13.2 Å². The molecule has 2 rings (SSSR count). The van der Waals surface area contributed by atoms with Crippen molar-refractivity contribution in [1.29, 1.82) is 0 Å². The van der Waals surface area contributed by atoms with E-state index in [0.717, 1.165) is 24.8 Å². The molecule has 2 aliphatic rings. The van der Waals surface area contributed by atoms with E-state index in [1.54, 1.807) is 0 Å². The van der Waals surface area contributed by atoms with Crippen LogP contribution in [0.4, 0.5) is 0 Å². The highest BCUT2D eigenvalue weighted by atomic mass is 16.5. The van der Waals surface area contributed by atoms with E-state index in [-0.39, 0.29) is 41.5 Å². The molecule has 5 nitrogen and oxygen atoms in total. The molecule has 0 bridgehead atoms. The molecular formula is C23H38O5. The highest BCUT2D eigenvalue weighted by molar-refractivity contribution is 5.97. The zero-order chi connectivity index (χ0) is 21.1. The standard InChI is InChI=1S/C23H38O5/c1-15(11-21(27)28-14-17(25)13-24)7-8-18-16(2)19(26)12-20-22(3,4)9-6-10-23(18,20)5/h15,17,20,24-25H,6-14H2,1-5H3/t15-,17-,20-,23+/m1/s1. The van der Waals surface area contributed by atoms with Gasteiger partial charge in [-0.3, -0.25) is 9.59 Å². The van der Waals surface area contributed by atoms with Gasteiger partial charge in [-0.15, -0.1) is 0 Å². The Bertz CT molecular complexity index is 620. The number of hydrogen-bond acceptors (Lipinski definition) is 5. The summed E-state index contributed by atoms with van der Waals surface area (Å²) in [5, 5.41) is 18.1. The summed E-state index contributed by atoms with van der Waals surface area (Å²) in [7, 11) is 0. The SMILES string of the molecule is CC1=C(CC[C@@H](C)CC(=O)OC[C@H](O)CO)[C@]2(C)CCCC(C)(C)[C@H]2CC1=O. The van der Waals surface area contributed by atoms with Gasteiger partial charge in [0, 0.05) is 12.8 Å². The van der Waals surface area contributed by atoms with Crippen LogP contribution in [0.15, 0.2) is 11.1 Å². The van der Waals surface area contributed by atoms with Crippen LogP contribution in [0.5, 0.6) is 0 Å². The van der Waals surface area contributed by atoms with Gasteiger partial charge in [0.1, 0.15) is 12.7 Å². The number of hydrogen-bond donors (Lipinski definition) is 2. The first-order valence-corrected chi connectivity index (χ1v) is 10.7. The molecule has 4 atom stereocenters. The Labute approximate surface area is 169 Å². The number of carbonyl (C=O) groups is 2. The van der Waals surface area contributed by atoms with Crippen molar-refractivity contribution >= 4 is 11.8 Å². The molecule has 2 aliphatic carbocycles. The lowest BCUT2D eigenvalue weighted by molar-refractivity contribution is -0.148. The molecule has 1 saturated carbocycles. The van der Waals surface area contributed by atoms with Crippen molar-refractivity contribution in [2.45, 2.75) is 85.7 Å². The van der Waals surface area contributed by atoms with Crippen molar-refractivity contribution in [2.24, 2.45) is 22.7 Å². The summed E-state index contributed by atoms with van der Waals surface area (Å²) < 4.78 is 5.01. The fourth-order valence-electron chi connectivity index (χ4n) is 5.47. The number of esters is 1. The minimum absolute atomic E-state index is 0.0746. The topological polar surface area (TPSA) is 83.8 Å². The fourth-order valence-corrected chi connectivity index (χ4v) is 5.47. The molecule has 0 aromatic carbocycles. The predicted molar refractivity (Wildman–Crippen MR) is 109 cm³/mol. The van der Waals surface area contributed by atoms with Gasteiger partial charge in [0.05, 0.1) is 6.61 Å². The first-order chi connectivity index (χ1) is 13.0. The highest BCUT2D eigenvalue weighted by Crippen LogP contribution is 2.59. The Kier molecular flexibility index (Phi) is 7.49. The lowest BCUT2D eigenvalue weighted by atomic mass is 9.49. The first kappa shape index (κ1) is 23.1. The maximum Gasteiger partial charge on any atom is 0.306 e. The van der Waals surface area contributed by atoms with Gasteiger partial charge in [0.25, 0.3) is 0 Å². The number of ether oxygens (including phenoxy) is 1. The Morgan fingerprint density at radius 1 is 1.29 bits per heavy atom. The second kappa shape index (κ2) is 9.08. The summed E-state index contributed by atoms with van der Waals surface area (Å²) in [6, 6.07) is 0. The third-order valence-electron chi connectivity index (χ3n) is 7.23. The minimum Gasteiger partial charge on any atom is -0.463 e. The third kappa shape index (κ3) is 5.04. The second-order valence-electron chi connectivity index (χ2n) is 9.91. The number of fused-ring (bicyclic) bond motifs is 1. The van der Waals surface area contributed by atoms with Gasteiger partial charge in [0.15, 0.2) is 5.78 Å². The van der Waals surface area contributed by atoms with Crippen molar-refractivity contribution in [3.8, 4) is 0 Å². The number of Topliss-reactive ketones (excluding diaryl/α,β-unsaturated/α-hetero) is 1. The van der Waals surface area contributed by atoms with E-state index in [9.17, 15) is 14.7 Å². The summed E-state index contributed by atoms with van der Waals surface area (Å²) in [4.78, 5) is 24.6. The van der Waals surface area contributed by atoms with Gasteiger partial charge in [-0.2, -0.15) is 0 Å². The molecule has 2 N–H and O–H groups in total. The zero-order valence-corrected chi connectivity index (χ0v) is 18.2. The summed E-state index contributed by atoms with van der Waals surface area (Å²) in [6.45, 7) is 10.4. The normalized spacial score (nSPS) is 29.2. The lowest BCUT2D eigenvalue weighted by Gasteiger charge is -2.54. The second-order valence-corrected chi connectivity index (χ2v) is 9.91. The number of aliphatic hydroxyl groups is 2. The van der Waals surface area contributed by atoms with Crippen LogP contribution in [0.1, 0.15) is 79.6 Å². The molecule has 5 heteroatoms. The van der Waals surface area contributed by atoms with Gasteiger partial charge in [-0.05, 0) is 60.8 Å². The van der Waals surface area contributed by atoms with Crippen LogP contribution in [0.3, 0.4) is 0 Å². The molecule has 1 fully saturated rings. The molecule has 0 aliphatic heterocycles. The molecule has 0 radical (unpaired) electrons. The molecule has 0 aromatic heterocycles. The summed E-state index contributed by atoms with van der Waals surface area (Å²) in [5.74, 6) is 0.459. The molecule has 0 heterocycles. The molecule has 0 spiro atoms. The molecular weight excluding hydrogens is 356 g/mol. The van der Waals surface area contributed by atoms with Crippen molar-refractivity contribution < 1.29 is 24.5 Å². The van der Waals surface area contributed by atoms with Gasteiger partial charge in [-0.1, -0.05) is 39.7 Å². The largest absolute Gasteiger partial charge is 0.463 e. The van der Waals surface area contributed by atoms with Crippen LogP contribution in [0, 0.1) is 22.7 Å². The van der Waals surface area contributed by atoms with Gasteiger partial charge < -0.3 is 14.9 Å². The van der Waals surface area contributed by atoms with E-state index >= 15 is 0 Å². The quantitative estimate of drug-likeness (QED) is 0.612. The maximum atomic E-state index is 12.7. The molecule has 0 amide bonds. The molecule has 0 saturated heterocycles. The first-order valence-electron chi connectivity index (χ1n) is 10.7. The van der Waals surface area contributed by atoms with Crippen LogP contribution in [0.2, 0.25) is 0 Å². The van der Waals surface area contributed by atoms with Gasteiger partial charge in [0.2, 0.25) is 0 Å². The lowest BCUT2D eigenvalue weighted by Crippen LogP contribution is -2.47. The molecule has 0 aromatic rings. The van der Waals surface area contributed by atoms with E-state index in [4.69, 9.17) is 9.84 Å². The zero-order valence-electron chi connectivity index (χ0n) is 18.2. The van der Waals surface area contributed by atoms with E-state index in [1.165, 1.54) is 18.4 Å². The number of allylic oxidation sites excluding steroid dienone is 2. The van der Waals surface area contributed by atoms with Crippen molar-refractivity contribution in [1.82, 2.24) is 0 Å². The predicted octanol–water partition coefficient (Wildman–Crippen LogP) is 3.81. The van der Waals surface area contributed by atoms with Crippen LogP contribution in [-0.4, -0.2) is 41.3 Å². The Hall–Kier alpha value is -1.20. The van der Waals surface area contributed by atoms with Crippen molar-refractivity contribution in [3.63, 3.8) is 0 Å². The number of ketones is 1. The Morgan fingerprint density at radius 2 is 1.96 bits per heavy atom. The van der Waals surface area contributed by atoms with E-state index < -0.39 is 12.7 Å². The fraction of sp³-hybridized carbons (Fsp3) is 0.826. The monoisotopic (exact) mass is 394 g/mol. The Morgan fingerprint density at radius 3 is 2.61 bits per heavy atom. The average molecular weight is 395 g/mol.